The van der Waals surface area contributed by atoms with E-state index in [1.54, 1.807) is 32.0 Å². The van der Waals surface area contributed by atoms with Crippen LogP contribution in [0.15, 0.2) is 27.6 Å². The molecule has 1 aliphatic rings. The monoisotopic (exact) mass is 380 g/mol. The lowest BCUT2D eigenvalue weighted by Gasteiger charge is -2.26. The van der Waals surface area contributed by atoms with Crippen molar-refractivity contribution in [3.8, 4) is 11.5 Å². The molecule has 1 aromatic carbocycles. The van der Waals surface area contributed by atoms with E-state index in [1.165, 1.54) is 13.8 Å². The van der Waals surface area contributed by atoms with E-state index < -0.39 is 21.3 Å². The van der Waals surface area contributed by atoms with E-state index in [9.17, 15) is 13.2 Å². The summed E-state index contributed by atoms with van der Waals surface area (Å²) in [6, 6.07) is 5.12. The first-order chi connectivity index (χ1) is 12.1. The smallest absolute Gasteiger partial charge is 0.269 e. The van der Waals surface area contributed by atoms with Crippen molar-refractivity contribution in [2.75, 3.05) is 13.2 Å². The van der Waals surface area contributed by atoms with Gasteiger partial charge in [-0.1, -0.05) is 11.2 Å². The quantitative estimate of drug-likeness (QED) is 0.862. The van der Waals surface area contributed by atoms with Crippen LogP contribution in [0.5, 0.6) is 11.5 Å². The molecule has 0 spiro atoms. The molecule has 26 heavy (non-hydrogen) atoms. The molecule has 0 saturated carbocycles. The Labute approximate surface area is 151 Å². The van der Waals surface area contributed by atoms with Gasteiger partial charge in [-0.05, 0) is 45.4 Å². The maximum Gasteiger partial charge on any atom is 0.269 e. The van der Waals surface area contributed by atoms with Crippen molar-refractivity contribution in [2.24, 2.45) is 0 Å². The number of hydrogen-bond donors (Lipinski definition) is 1. The van der Waals surface area contributed by atoms with Crippen LogP contribution in [0.1, 0.15) is 30.9 Å². The SMILES string of the molecule is Cc1noc(C)c1S(=O)(=O)NC(=O)C(C)(C)c1ccc2c(c1)OCCO2. The van der Waals surface area contributed by atoms with E-state index in [1.807, 2.05) is 0 Å². The predicted octanol–water partition coefficient (Wildman–Crippen LogP) is 1.85. The van der Waals surface area contributed by atoms with E-state index in [0.717, 1.165) is 0 Å². The van der Waals surface area contributed by atoms with Crippen molar-refractivity contribution < 1.29 is 27.2 Å². The molecule has 1 aromatic heterocycles. The molecule has 1 amide bonds. The van der Waals surface area contributed by atoms with E-state index in [4.69, 9.17) is 14.0 Å². The number of carbonyl (C=O) groups excluding carboxylic acids is 1. The van der Waals surface area contributed by atoms with Gasteiger partial charge in [-0.15, -0.1) is 0 Å². The zero-order chi connectivity index (χ0) is 19.1. The highest BCUT2D eigenvalue weighted by Crippen LogP contribution is 2.35. The molecule has 0 saturated heterocycles. The number of nitrogens with one attached hydrogen (secondary N) is 1. The predicted molar refractivity (Wildman–Crippen MR) is 91.8 cm³/mol. The molecular weight excluding hydrogens is 360 g/mol. The molecule has 0 atom stereocenters. The molecular formula is C17H20N2O6S. The average molecular weight is 380 g/mol. The highest BCUT2D eigenvalue weighted by molar-refractivity contribution is 7.90. The van der Waals surface area contributed by atoms with Crippen molar-refractivity contribution in [3.05, 3.63) is 35.2 Å². The first-order valence-corrected chi connectivity index (χ1v) is 9.51. The second kappa shape index (κ2) is 6.31. The van der Waals surface area contributed by atoms with Gasteiger partial charge in [0.15, 0.2) is 22.2 Å². The van der Waals surface area contributed by atoms with Gasteiger partial charge in [-0.25, -0.2) is 13.1 Å². The molecule has 0 fully saturated rings. The number of aromatic nitrogens is 1. The second-order valence-corrected chi connectivity index (χ2v) is 8.19. The third-order valence-electron chi connectivity index (χ3n) is 4.30. The highest BCUT2D eigenvalue weighted by Gasteiger charge is 2.36. The summed E-state index contributed by atoms with van der Waals surface area (Å²) in [5, 5.41) is 3.62. The zero-order valence-electron chi connectivity index (χ0n) is 15.0. The molecule has 2 aromatic rings. The Balaban J connectivity index is 1.89. The number of nitrogens with zero attached hydrogens (tertiary/aromatic N) is 1. The number of fused-ring (bicyclic) bond motifs is 1. The number of ether oxygens (including phenoxy) is 2. The minimum atomic E-state index is -4.10. The molecule has 0 aliphatic carbocycles. The fourth-order valence-electron chi connectivity index (χ4n) is 2.72. The molecule has 0 unspecified atom stereocenters. The van der Waals surface area contributed by atoms with E-state index in [0.29, 0.717) is 30.3 Å². The molecule has 0 bridgehead atoms. The molecule has 2 heterocycles. The van der Waals surface area contributed by atoms with Gasteiger partial charge in [0.1, 0.15) is 18.9 Å². The molecule has 1 N–H and O–H groups in total. The third kappa shape index (κ3) is 3.14. The number of hydrogen-bond acceptors (Lipinski definition) is 7. The van der Waals surface area contributed by atoms with E-state index >= 15 is 0 Å². The number of amides is 1. The minimum absolute atomic E-state index is 0.121. The van der Waals surface area contributed by atoms with Crippen LogP contribution in [0.4, 0.5) is 0 Å². The number of aryl methyl sites for hydroxylation is 2. The fourth-order valence-corrected chi connectivity index (χ4v) is 4.17. The van der Waals surface area contributed by atoms with Crippen LogP contribution in [0.25, 0.3) is 0 Å². The fraction of sp³-hybridized carbons (Fsp3) is 0.412. The number of rotatable bonds is 4. The number of sulfonamides is 1. The highest BCUT2D eigenvalue weighted by atomic mass is 32.2. The third-order valence-corrected chi connectivity index (χ3v) is 5.87. The Morgan fingerprint density at radius 3 is 2.42 bits per heavy atom. The molecule has 140 valence electrons. The van der Waals surface area contributed by atoms with Gasteiger partial charge < -0.3 is 14.0 Å². The van der Waals surface area contributed by atoms with Crippen molar-refractivity contribution in [1.29, 1.82) is 0 Å². The van der Waals surface area contributed by atoms with Crippen molar-refractivity contribution in [2.45, 2.75) is 38.0 Å². The summed E-state index contributed by atoms with van der Waals surface area (Å²) in [4.78, 5) is 12.6. The van der Waals surface area contributed by atoms with Gasteiger partial charge in [0, 0.05) is 0 Å². The van der Waals surface area contributed by atoms with Crippen molar-refractivity contribution in [1.82, 2.24) is 9.88 Å². The summed E-state index contributed by atoms with van der Waals surface area (Å²) in [6.07, 6.45) is 0. The second-order valence-electron chi connectivity index (χ2n) is 6.57. The summed E-state index contributed by atoms with van der Waals surface area (Å²) in [7, 11) is -4.10. The van der Waals surface area contributed by atoms with E-state index in [2.05, 4.69) is 9.88 Å². The van der Waals surface area contributed by atoms with E-state index in [-0.39, 0.29) is 16.3 Å². The maximum absolute atomic E-state index is 12.8. The first-order valence-electron chi connectivity index (χ1n) is 8.03. The number of benzene rings is 1. The maximum atomic E-state index is 12.8. The summed E-state index contributed by atoms with van der Waals surface area (Å²) in [6.45, 7) is 7.13. The van der Waals surface area contributed by atoms with Crippen LogP contribution in [0, 0.1) is 13.8 Å². The molecule has 9 heteroatoms. The topological polar surface area (TPSA) is 108 Å². The van der Waals surface area contributed by atoms with Crippen LogP contribution in [-0.2, 0) is 20.2 Å². The van der Waals surface area contributed by atoms with Gasteiger partial charge in [0.2, 0.25) is 5.91 Å². The Kier molecular flexibility index (Phi) is 4.43. The van der Waals surface area contributed by atoms with Crippen molar-refractivity contribution >= 4 is 15.9 Å². The van der Waals surface area contributed by atoms with Crippen LogP contribution in [-0.4, -0.2) is 32.7 Å². The largest absolute Gasteiger partial charge is 0.486 e. The van der Waals surface area contributed by atoms with Crippen LogP contribution < -0.4 is 14.2 Å². The minimum Gasteiger partial charge on any atom is -0.486 e. The number of carbonyl (C=O) groups is 1. The van der Waals surface area contributed by atoms with Crippen LogP contribution in [0.3, 0.4) is 0 Å². The van der Waals surface area contributed by atoms with Gasteiger partial charge in [-0.3, -0.25) is 4.79 Å². The van der Waals surface area contributed by atoms with Crippen molar-refractivity contribution in [3.63, 3.8) is 0 Å². The normalized spacial score (nSPS) is 14.2. The Morgan fingerprint density at radius 2 is 1.81 bits per heavy atom. The lowest BCUT2D eigenvalue weighted by molar-refractivity contribution is -0.123. The van der Waals surface area contributed by atoms with Gasteiger partial charge in [0.05, 0.1) is 5.41 Å². The first kappa shape index (κ1) is 18.2. The Bertz CT molecular complexity index is 942. The molecule has 1 aliphatic heterocycles. The lowest BCUT2D eigenvalue weighted by Crippen LogP contribution is -2.43. The molecule has 0 radical (unpaired) electrons. The summed E-state index contributed by atoms with van der Waals surface area (Å²) in [5.74, 6) is 0.580. The Hall–Kier alpha value is -2.55. The molecule has 3 rings (SSSR count). The van der Waals surface area contributed by atoms with Crippen LogP contribution >= 0.6 is 0 Å². The van der Waals surface area contributed by atoms with Gasteiger partial charge in [-0.2, -0.15) is 0 Å². The standard InChI is InChI=1S/C17H20N2O6S/c1-10-15(11(2)25-18-10)26(21,22)19-16(20)17(3,4)12-5-6-13-14(9-12)24-8-7-23-13/h5-6,9H,7-8H2,1-4H3,(H,19,20). The average Bonchev–Trinajstić information content (AvgIpc) is 2.93. The van der Waals surface area contributed by atoms with Crippen LogP contribution in [0.2, 0.25) is 0 Å². The molecule has 8 nitrogen and oxygen atoms in total. The summed E-state index contributed by atoms with van der Waals surface area (Å²) in [5.41, 5.74) is -0.324. The lowest BCUT2D eigenvalue weighted by atomic mass is 9.84. The Morgan fingerprint density at radius 1 is 1.15 bits per heavy atom. The zero-order valence-corrected chi connectivity index (χ0v) is 15.8. The van der Waals surface area contributed by atoms with Gasteiger partial charge in [0.25, 0.3) is 10.0 Å². The van der Waals surface area contributed by atoms with Gasteiger partial charge >= 0.3 is 0 Å². The summed E-state index contributed by atoms with van der Waals surface area (Å²) < 4.78 is 43.2. The summed E-state index contributed by atoms with van der Waals surface area (Å²) >= 11 is 0.